The predicted molar refractivity (Wildman–Crippen MR) is 242 cm³/mol. The maximum atomic E-state index is 11.0. The molecule has 0 amide bonds. The summed E-state index contributed by atoms with van der Waals surface area (Å²) in [7, 11) is 0. The summed E-state index contributed by atoms with van der Waals surface area (Å²) in [5.41, 5.74) is 5.98. The minimum atomic E-state index is -1.05. The standard InChI is InChI=1S/C54H58O10/c55-31-46-49(58-33-41-21-9-2-10-22-41)52(61-36-44-27-15-5-16-28-44)53(62-37-45-29-17-6-18-30-45)54(63-46)64-48-39-57-47(38-56-32-40-19-7-1-8-20-40)50(59-34-42-23-11-3-12-24-42)51(48)60-35-43-25-13-4-14-26-43/h1-30,46-55H,31-39H2/t46-,47-,48+,49+,50-,51-,52+,53-,54-/m1/s1. The van der Waals surface area contributed by atoms with E-state index in [0.717, 1.165) is 33.4 Å². The quantitative estimate of drug-likeness (QED) is 0.0714. The first-order valence-electron chi connectivity index (χ1n) is 22.1. The molecular formula is C54H58O10. The summed E-state index contributed by atoms with van der Waals surface area (Å²) in [5.74, 6) is 0. The Labute approximate surface area is 376 Å². The molecule has 2 heterocycles. The molecule has 6 aromatic rings. The van der Waals surface area contributed by atoms with Crippen molar-refractivity contribution in [3.8, 4) is 0 Å². The molecular weight excluding hydrogens is 809 g/mol. The maximum Gasteiger partial charge on any atom is 0.187 e. The van der Waals surface area contributed by atoms with Crippen molar-refractivity contribution in [3.05, 3.63) is 215 Å². The van der Waals surface area contributed by atoms with Crippen LogP contribution in [0.25, 0.3) is 0 Å². The molecule has 9 atom stereocenters. The Bertz CT molecular complexity index is 2170. The SMILES string of the molecule is OC[C@H]1O[C@H](O[C@H]2CO[C@H](COCc3ccccc3)[C@@H](OCc3ccccc3)[C@@H]2OCc2ccccc2)[C@H](OCc2ccccc2)[C@@H](OCc2ccccc2)[C@H]1OCc1ccccc1. The van der Waals surface area contributed by atoms with Gasteiger partial charge in [0.15, 0.2) is 6.29 Å². The van der Waals surface area contributed by atoms with Gasteiger partial charge in [-0.05, 0) is 33.4 Å². The molecule has 334 valence electrons. The van der Waals surface area contributed by atoms with Gasteiger partial charge in [0.05, 0.1) is 59.5 Å². The van der Waals surface area contributed by atoms with Crippen molar-refractivity contribution in [1.82, 2.24) is 0 Å². The average Bonchev–Trinajstić information content (AvgIpc) is 3.36. The molecule has 0 bridgehead atoms. The van der Waals surface area contributed by atoms with Crippen LogP contribution in [0.3, 0.4) is 0 Å². The molecule has 0 aromatic heterocycles. The fourth-order valence-electron chi connectivity index (χ4n) is 8.07. The van der Waals surface area contributed by atoms with E-state index in [4.69, 9.17) is 42.6 Å². The molecule has 10 nitrogen and oxygen atoms in total. The van der Waals surface area contributed by atoms with E-state index in [0.29, 0.717) is 19.8 Å². The van der Waals surface area contributed by atoms with Crippen molar-refractivity contribution in [1.29, 1.82) is 0 Å². The molecule has 2 aliphatic heterocycles. The molecule has 6 aromatic carbocycles. The van der Waals surface area contributed by atoms with E-state index >= 15 is 0 Å². The second-order valence-electron chi connectivity index (χ2n) is 16.1. The van der Waals surface area contributed by atoms with Crippen LogP contribution in [0.2, 0.25) is 0 Å². The van der Waals surface area contributed by atoms with Crippen molar-refractivity contribution in [2.24, 2.45) is 0 Å². The average molecular weight is 867 g/mol. The Balaban J connectivity index is 1.10. The lowest BCUT2D eigenvalue weighted by Gasteiger charge is -2.48. The van der Waals surface area contributed by atoms with Crippen LogP contribution in [0.4, 0.5) is 0 Å². The van der Waals surface area contributed by atoms with Crippen molar-refractivity contribution in [2.75, 3.05) is 19.8 Å². The van der Waals surface area contributed by atoms with E-state index in [1.807, 2.05) is 182 Å². The van der Waals surface area contributed by atoms with Crippen LogP contribution in [0.5, 0.6) is 0 Å². The molecule has 10 heteroatoms. The smallest absolute Gasteiger partial charge is 0.187 e. The van der Waals surface area contributed by atoms with Crippen molar-refractivity contribution < 1.29 is 47.7 Å². The fourth-order valence-corrected chi connectivity index (χ4v) is 8.07. The van der Waals surface area contributed by atoms with Crippen LogP contribution < -0.4 is 0 Å². The first kappa shape index (κ1) is 45.5. The zero-order chi connectivity index (χ0) is 43.6. The highest BCUT2D eigenvalue weighted by Crippen LogP contribution is 2.34. The maximum absolute atomic E-state index is 11.0. The number of rotatable bonds is 22. The fraction of sp³-hybridized carbons (Fsp3) is 0.333. The third-order valence-electron chi connectivity index (χ3n) is 11.4. The van der Waals surface area contributed by atoms with Crippen LogP contribution in [-0.2, 0) is 82.3 Å². The summed E-state index contributed by atoms with van der Waals surface area (Å²) in [4.78, 5) is 0. The minimum Gasteiger partial charge on any atom is -0.394 e. The van der Waals surface area contributed by atoms with Crippen molar-refractivity contribution >= 4 is 0 Å². The Kier molecular flexibility index (Phi) is 17.3. The highest BCUT2D eigenvalue weighted by molar-refractivity contribution is 5.18. The third kappa shape index (κ3) is 13.0. The van der Waals surface area contributed by atoms with Gasteiger partial charge < -0.3 is 47.7 Å². The van der Waals surface area contributed by atoms with Gasteiger partial charge >= 0.3 is 0 Å². The van der Waals surface area contributed by atoms with Gasteiger partial charge in [-0.3, -0.25) is 0 Å². The van der Waals surface area contributed by atoms with Gasteiger partial charge in [-0.25, -0.2) is 0 Å². The topological polar surface area (TPSA) is 103 Å². The van der Waals surface area contributed by atoms with E-state index in [2.05, 4.69) is 0 Å². The normalized spacial score (nSPS) is 24.6. The Hall–Kier alpha value is -5.08. The summed E-state index contributed by atoms with van der Waals surface area (Å²) in [6, 6.07) is 59.9. The monoisotopic (exact) mass is 866 g/mol. The van der Waals surface area contributed by atoms with Gasteiger partial charge in [-0.2, -0.15) is 0 Å². The van der Waals surface area contributed by atoms with Gasteiger partial charge in [-0.15, -0.1) is 0 Å². The first-order chi connectivity index (χ1) is 31.7. The van der Waals surface area contributed by atoms with Gasteiger partial charge in [0.1, 0.15) is 48.8 Å². The first-order valence-corrected chi connectivity index (χ1v) is 22.1. The third-order valence-corrected chi connectivity index (χ3v) is 11.4. The summed E-state index contributed by atoms with van der Waals surface area (Å²) in [6.07, 6.45) is -6.63. The highest BCUT2D eigenvalue weighted by atomic mass is 16.7. The lowest BCUT2D eigenvalue weighted by Crippen LogP contribution is -2.64. The number of benzene rings is 6. The molecule has 0 saturated carbocycles. The van der Waals surface area contributed by atoms with Gasteiger partial charge in [-0.1, -0.05) is 182 Å². The largest absolute Gasteiger partial charge is 0.394 e. The number of aliphatic hydroxyl groups is 1. The minimum absolute atomic E-state index is 0.141. The predicted octanol–water partition coefficient (Wildman–Crippen LogP) is 8.63. The van der Waals surface area contributed by atoms with Crippen molar-refractivity contribution in [3.63, 3.8) is 0 Å². The summed E-state index contributed by atoms with van der Waals surface area (Å²) >= 11 is 0. The van der Waals surface area contributed by atoms with E-state index in [1.54, 1.807) is 0 Å². The molecule has 2 saturated heterocycles. The molecule has 0 spiro atoms. The van der Waals surface area contributed by atoms with E-state index in [1.165, 1.54) is 0 Å². The lowest BCUT2D eigenvalue weighted by atomic mass is 9.96. The highest BCUT2D eigenvalue weighted by Gasteiger charge is 2.52. The van der Waals surface area contributed by atoms with E-state index < -0.39 is 55.1 Å². The lowest BCUT2D eigenvalue weighted by molar-refractivity contribution is -0.353. The zero-order valence-corrected chi connectivity index (χ0v) is 36.0. The number of hydrogen-bond acceptors (Lipinski definition) is 10. The Morgan fingerprint density at radius 3 is 1.14 bits per heavy atom. The van der Waals surface area contributed by atoms with Crippen LogP contribution in [0.1, 0.15) is 33.4 Å². The molecule has 0 aliphatic carbocycles. The Morgan fingerprint density at radius 1 is 0.391 bits per heavy atom. The molecule has 0 radical (unpaired) electrons. The molecule has 64 heavy (non-hydrogen) atoms. The van der Waals surface area contributed by atoms with Gasteiger partial charge in [0, 0.05) is 0 Å². The second kappa shape index (κ2) is 24.3. The molecule has 2 aliphatic rings. The number of ether oxygens (including phenoxy) is 9. The number of hydrogen-bond donors (Lipinski definition) is 1. The zero-order valence-electron chi connectivity index (χ0n) is 36.0. The van der Waals surface area contributed by atoms with Gasteiger partial charge in [0.25, 0.3) is 0 Å². The van der Waals surface area contributed by atoms with Crippen LogP contribution in [-0.4, -0.2) is 80.0 Å². The summed E-state index contributed by atoms with van der Waals surface area (Å²) < 4.78 is 60.8. The van der Waals surface area contributed by atoms with E-state index in [-0.39, 0.29) is 39.6 Å². The molecule has 2 fully saturated rings. The molecule has 8 rings (SSSR count). The summed E-state index contributed by atoms with van der Waals surface area (Å²) in [6.45, 7) is 1.86. The number of aliphatic hydroxyl groups excluding tert-OH is 1. The van der Waals surface area contributed by atoms with Gasteiger partial charge in [0.2, 0.25) is 0 Å². The van der Waals surface area contributed by atoms with Crippen molar-refractivity contribution in [2.45, 2.75) is 94.8 Å². The van der Waals surface area contributed by atoms with Crippen LogP contribution in [0, 0.1) is 0 Å². The second-order valence-corrected chi connectivity index (χ2v) is 16.1. The summed E-state index contributed by atoms with van der Waals surface area (Å²) in [5, 5.41) is 11.0. The molecule has 0 unspecified atom stereocenters. The van der Waals surface area contributed by atoms with Crippen LogP contribution in [0.15, 0.2) is 182 Å². The van der Waals surface area contributed by atoms with E-state index in [9.17, 15) is 5.11 Å². The molecule has 1 N–H and O–H groups in total. The Morgan fingerprint density at radius 2 is 0.734 bits per heavy atom. The van der Waals surface area contributed by atoms with Crippen LogP contribution >= 0.6 is 0 Å².